The van der Waals surface area contributed by atoms with Crippen molar-refractivity contribution < 1.29 is 14.3 Å². The molecule has 2 amide bonds. The first-order valence-electron chi connectivity index (χ1n) is 10.3. The maximum Gasteiger partial charge on any atom is 0.265 e. The average Bonchev–Trinajstić information content (AvgIpc) is 2.78. The Labute approximate surface area is 171 Å². The lowest BCUT2D eigenvalue weighted by atomic mass is 10.0. The van der Waals surface area contributed by atoms with Crippen LogP contribution < -0.4 is 15.0 Å². The fraction of sp³-hybridized carbons (Fsp3) is 0.391. The SMILES string of the molecule is CCc1ccc(C2CNCCN2C(=O)CCN2C(=O)COc3ccccc32)cc1. The van der Waals surface area contributed by atoms with Crippen molar-refractivity contribution in [3.8, 4) is 5.75 Å². The van der Waals surface area contributed by atoms with E-state index in [2.05, 4.69) is 36.5 Å². The van der Waals surface area contributed by atoms with Crippen LogP contribution in [0.4, 0.5) is 5.69 Å². The van der Waals surface area contributed by atoms with Gasteiger partial charge in [0.15, 0.2) is 6.61 Å². The molecule has 0 radical (unpaired) electrons. The van der Waals surface area contributed by atoms with Crippen molar-refractivity contribution in [3.05, 3.63) is 59.7 Å². The van der Waals surface area contributed by atoms with Crippen molar-refractivity contribution in [2.75, 3.05) is 37.7 Å². The largest absolute Gasteiger partial charge is 0.482 e. The molecule has 6 nitrogen and oxygen atoms in total. The van der Waals surface area contributed by atoms with Gasteiger partial charge in [0, 0.05) is 32.6 Å². The Morgan fingerprint density at radius 3 is 2.76 bits per heavy atom. The number of carbonyl (C=O) groups excluding carboxylic acids is 2. The fourth-order valence-electron chi connectivity index (χ4n) is 4.03. The van der Waals surface area contributed by atoms with E-state index in [0.717, 1.165) is 30.8 Å². The van der Waals surface area contributed by atoms with Gasteiger partial charge in [-0.15, -0.1) is 0 Å². The van der Waals surface area contributed by atoms with Crippen molar-refractivity contribution >= 4 is 17.5 Å². The number of amides is 2. The first-order valence-corrected chi connectivity index (χ1v) is 10.3. The highest BCUT2D eigenvalue weighted by atomic mass is 16.5. The summed E-state index contributed by atoms with van der Waals surface area (Å²) in [5.41, 5.74) is 3.18. The second-order valence-electron chi connectivity index (χ2n) is 7.45. The summed E-state index contributed by atoms with van der Waals surface area (Å²) in [6, 6.07) is 16.0. The number of fused-ring (bicyclic) bond motifs is 1. The minimum Gasteiger partial charge on any atom is -0.482 e. The molecular formula is C23H27N3O3. The van der Waals surface area contributed by atoms with E-state index in [1.54, 1.807) is 4.90 Å². The number of nitrogens with zero attached hydrogens (tertiary/aromatic N) is 2. The molecule has 0 aliphatic carbocycles. The van der Waals surface area contributed by atoms with Gasteiger partial charge in [0.1, 0.15) is 5.75 Å². The summed E-state index contributed by atoms with van der Waals surface area (Å²) in [6.07, 6.45) is 1.30. The summed E-state index contributed by atoms with van der Waals surface area (Å²) in [7, 11) is 0. The van der Waals surface area contributed by atoms with Crippen molar-refractivity contribution in [1.29, 1.82) is 0 Å². The number of carbonyl (C=O) groups is 2. The molecular weight excluding hydrogens is 366 g/mol. The van der Waals surface area contributed by atoms with E-state index in [-0.39, 0.29) is 24.5 Å². The Bertz CT molecular complexity index is 881. The van der Waals surface area contributed by atoms with E-state index >= 15 is 0 Å². The zero-order chi connectivity index (χ0) is 20.2. The third-order valence-electron chi connectivity index (χ3n) is 5.69. The molecule has 0 bridgehead atoms. The number of benzene rings is 2. The molecule has 2 aromatic carbocycles. The van der Waals surface area contributed by atoms with E-state index in [1.807, 2.05) is 29.2 Å². The summed E-state index contributed by atoms with van der Waals surface area (Å²) in [5.74, 6) is 0.659. The number of para-hydroxylation sites is 2. The van der Waals surface area contributed by atoms with Crippen molar-refractivity contribution in [2.24, 2.45) is 0 Å². The molecule has 1 atom stereocenters. The topological polar surface area (TPSA) is 61.9 Å². The van der Waals surface area contributed by atoms with Crippen molar-refractivity contribution in [3.63, 3.8) is 0 Å². The Morgan fingerprint density at radius 2 is 1.97 bits per heavy atom. The molecule has 2 aliphatic heterocycles. The molecule has 29 heavy (non-hydrogen) atoms. The first kappa shape index (κ1) is 19.5. The van der Waals surface area contributed by atoms with Crippen LogP contribution in [0.5, 0.6) is 5.75 Å². The Balaban J connectivity index is 1.46. The van der Waals surface area contributed by atoms with Crippen LogP contribution >= 0.6 is 0 Å². The molecule has 0 aromatic heterocycles. The van der Waals surface area contributed by atoms with Crippen LogP contribution in [-0.2, 0) is 16.0 Å². The third kappa shape index (κ3) is 4.12. The predicted octanol–water partition coefficient (Wildman–Crippen LogP) is 2.54. The lowest BCUT2D eigenvalue weighted by molar-refractivity contribution is -0.134. The van der Waals surface area contributed by atoms with Gasteiger partial charge >= 0.3 is 0 Å². The quantitative estimate of drug-likeness (QED) is 0.848. The van der Waals surface area contributed by atoms with Gasteiger partial charge in [-0.2, -0.15) is 0 Å². The van der Waals surface area contributed by atoms with Crippen LogP contribution in [0.2, 0.25) is 0 Å². The molecule has 4 rings (SSSR count). The number of hydrogen-bond donors (Lipinski definition) is 1. The lowest BCUT2D eigenvalue weighted by Gasteiger charge is -2.37. The third-order valence-corrected chi connectivity index (χ3v) is 5.69. The van der Waals surface area contributed by atoms with Crippen molar-refractivity contribution in [1.82, 2.24) is 10.2 Å². The number of anilines is 1. The summed E-state index contributed by atoms with van der Waals surface area (Å²) < 4.78 is 5.49. The molecule has 6 heteroatoms. The van der Waals surface area contributed by atoms with Crippen LogP contribution in [0.3, 0.4) is 0 Å². The van der Waals surface area contributed by atoms with Gasteiger partial charge < -0.3 is 19.9 Å². The molecule has 2 heterocycles. The van der Waals surface area contributed by atoms with Gasteiger partial charge in [-0.3, -0.25) is 9.59 Å². The van der Waals surface area contributed by atoms with Crippen LogP contribution in [0, 0.1) is 0 Å². The average molecular weight is 393 g/mol. The molecule has 1 unspecified atom stereocenters. The highest BCUT2D eigenvalue weighted by molar-refractivity contribution is 5.98. The molecule has 2 aromatic rings. The summed E-state index contributed by atoms with van der Waals surface area (Å²) in [6.45, 7) is 4.73. The second-order valence-corrected chi connectivity index (χ2v) is 7.45. The molecule has 0 spiro atoms. The minimum atomic E-state index is -0.108. The van der Waals surface area contributed by atoms with E-state index in [4.69, 9.17) is 4.74 Å². The zero-order valence-electron chi connectivity index (χ0n) is 16.8. The van der Waals surface area contributed by atoms with Crippen molar-refractivity contribution in [2.45, 2.75) is 25.8 Å². The summed E-state index contributed by atoms with van der Waals surface area (Å²) in [4.78, 5) is 29.1. The van der Waals surface area contributed by atoms with Crippen LogP contribution in [0.15, 0.2) is 48.5 Å². The van der Waals surface area contributed by atoms with Gasteiger partial charge in [-0.1, -0.05) is 43.3 Å². The van der Waals surface area contributed by atoms with E-state index in [0.29, 0.717) is 25.3 Å². The number of nitrogens with one attached hydrogen (secondary N) is 1. The molecule has 0 saturated carbocycles. The van der Waals surface area contributed by atoms with Gasteiger partial charge in [0.25, 0.3) is 5.91 Å². The second kappa shape index (κ2) is 8.66. The Kier molecular flexibility index (Phi) is 5.81. The molecule has 1 fully saturated rings. The number of hydrogen-bond acceptors (Lipinski definition) is 4. The smallest absolute Gasteiger partial charge is 0.265 e. The molecule has 1 saturated heterocycles. The first-order chi connectivity index (χ1) is 14.2. The van der Waals surface area contributed by atoms with E-state index < -0.39 is 0 Å². The fourth-order valence-corrected chi connectivity index (χ4v) is 4.03. The van der Waals surface area contributed by atoms with Gasteiger partial charge in [-0.25, -0.2) is 0 Å². The number of rotatable bonds is 5. The molecule has 2 aliphatic rings. The number of piperazine rings is 1. The van der Waals surface area contributed by atoms with Crippen LogP contribution in [-0.4, -0.2) is 49.5 Å². The monoisotopic (exact) mass is 393 g/mol. The summed E-state index contributed by atoms with van der Waals surface area (Å²) >= 11 is 0. The van der Waals surface area contributed by atoms with E-state index in [9.17, 15) is 9.59 Å². The lowest BCUT2D eigenvalue weighted by Crippen LogP contribution is -2.49. The van der Waals surface area contributed by atoms with Gasteiger partial charge in [0.05, 0.1) is 11.7 Å². The number of aryl methyl sites for hydroxylation is 1. The maximum atomic E-state index is 13.1. The molecule has 152 valence electrons. The Morgan fingerprint density at radius 1 is 1.17 bits per heavy atom. The van der Waals surface area contributed by atoms with Crippen LogP contribution in [0.1, 0.15) is 30.5 Å². The van der Waals surface area contributed by atoms with Gasteiger partial charge in [-0.05, 0) is 29.7 Å². The number of ether oxygens (including phenoxy) is 1. The normalized spacial score (nSPS) is 18.9. The molecule has 1 N–H and O–H groups in total. The van der Waals surface area contributed by atoms with E-state index in [1.165, 1.54) is 5.56 Å². The predicted molar refractivity (Wildman–Crippen MR) is 112 cm³/mol. The highest BCUT2D eigenvalue weighted by Gasteiger charge is 2.30. The Hall–Kier alpha value is -2.86. The zero-order valence-corrected chi connectivity index (χ0v) is 16.8. The van der Waals surface area contributed by atoms with Gasteiger partial charge in [0.2, 0.25) is 5.91 Å². The standard InChI is InChI=1S/C23H27N3O3/c1-2-17-7-9-18(10-8-17)20-15-24-12-14-26(20)22(27)11-13-25-19-5-3-4-6-21(19)29-16-23(25)28/h3-10,20,24H,2,11-16H2,1H3. The maximum absolute atomic E-state index is 13.1. The summed E-state index contributed by atoms with van der Waals surface area (Å²) in [5, 5.41) is 3.40. The van der Waals surface area contributed by atoms with Crippen LogP contribution in [0.25, 0.3) is 0 Å². The highest BCUT2D eigenvalue weighted by Crippen LogP contribution is 2.32. The minimum absolute atomic E-state index is 0.0191.